The van der Waals surface area contributed by atoms with Crippen molar-refractivity contribution in [3.8, 4) is 5.75 Å². The van der Waals surface area contributed by atoms with Gasteiger partial charge in [0, 0.05) is 29.9 Å². The zero-order chi connectivity index (χ0) is 14.0. The Morgan fingerprint density at radius 1 is 1.16 bits per heavy atom. The number of anilines is 1. The van der Waals surface area contributed by atoms with Crippen molar-refractivity contribution in [1.82, 2.24) is 0 Å². The van der Waals surface area contributed by atoms with Gasteiger partial charge in [-0.25, -0.2) is 0 Å². The summed E-state index contributed by atoms with van der Waals surface area (Å²) in [4.78, 5) is 2.05. The molecule has 1 N–H and O–H groups in total. The van der Waals surface area contributed by atoms with E-state index in [1.54, 1.807) is 6.07 Å². The number of nitrogens with zero attached hydrogens (tertiary/aromatic N) is 1. The van der Waals surface area contributed by atoms with E-state index in [9.17, 15) is 5.11 Å². The van der Waals surface area contributed by atoms with Crippen LogP contribution in [0.5, 0.6) is 5.75 Å². The molecule has 0 aliphatic heterocycles. The summed E-state index contributed by atoms with van der Waals surface area (Å²) < 4.78 is 0. The summed E-state index contributed by atoms with van der Waals surface area (Å²) >= 11 is 11.9. The summed E-state index contributed by atoms with van der Waals surface area (Å²) in [7, 11) is 1.97. The first-order chi connectivity index (χ1) is 8.99. The topological polar surface area (TPSA) is 23.5 Å². The van der Waals surface area contributed by atoms with Crippen LogP contribution in [0.4, 0.5) is 5.69 Å². The standard InChI is InChI=1S/C15H15Cl2NO/c1-10-5-3-4-6-14(10)18(2)9-11-7-12(16)8-13(17)15(11)19/h3-8,19H,9H2,1-2H3. The third-order valence-electron chi connectivity index (χ3n) is 3.04. The maximum absolute atomic E-state index is 9.97. The molecule has 0 aliphatic rings. The highest BCUT2D eigenvalue weighted by atomic mass is 35.5. The number of hydrogen-bond donors (Lipinski definition) is 1. The molecule has 2 aromatic rings. The van der Waals surface area contributed by atoms with E-state index in [1.807, 2.05) is 25.2 Å². The lowest BCUT2D eigenvalue weighted by molar-refractivity contribution is 0.468. The molecule has 0 unspecified atom stereocenters. The molecule has 0 radical (unpaired) electrons. The third-order valence-corrected chi connectivity index (χ3v) is 3.55. The lowest BCUT2D eigenvalue weighted by Gasteiger charge is -2.22. The van der Waals surface area contributed by atoms with Gasteiger partial charge in [0.2, 0.25) is 0 Å². The van der Waals surface area contributed by atoms with Gasteiger partial charge >= 0.3 is 0 Å². The van der Waals surface area contributed by atoms with Crippen LogP contribution < -0.4 is 4.90 Å². The minimum Gasteiger partial charge on any atom is -0.506 e. The second-order valence-corrected chi connectivity index (χ2v) is 5.38. The number of rotatable bonds is 3. The van der Waals surface area contributed by atoms with Crippen LogP contribution in [-0.2, 0) is 6.54 Å². The highest BCUT2D eigenvalue weighted by molar-refractivity contribution is 6.35. The van der Waals surface area contributed by atoms with E-state index in [2.05, 4.69) is 17.9 Å². The van der Waals surface area contributed by atoms with Gasteiger partial charge in [0.15, 0.2) is 0 Å². The number of para-hydroxylation sites is 1. The highest BCUT2D eigenvalue weighted by Crippen LogP contribution is 2.32. The molecule has 0 bridgehead atoms. The Hall–Kier alpha value is -1.38. The molecule has 0 amide bonds. The van der Waals surface area contributed by atoms with Crippen LogP contribution in [0.1, 0.15) is 11.1 Å². The molecule has 0 fully saturated rings. The first kappa shape index (κ1) is 14.0. The summed E-state index contributed by atoms with van der Waals surface area (Å²) in [6.45, 7) is 2.59. The molecule has 100 valence electrons. The lowest BCUT2D eigenvalue weighted by Crippen LogP contribution is -2.17. The fourth-order valence-corrected chi connectivity index (χ4v) is 2.61. The average Bonchev–Trinajstić information content (AvgIpc) is 2.35. The molecule has 0 aliphatic carbocycles. The monoisotopic (exact) mass is 295 g/mol. The van der Waals surface area contributed by atoms with Crippen LogP contribution in [0.2, 0.25) is 10.0 Å². The SMILES string of the molecule is Cc1ccccc1N(C)Cc1cc(Cl)cc(Cl)c1O. The molecule has 2 nitrogen and oxygen atoms in total. The van der Waals surface area contributed by atoms with Gasteiger partial charge < -0.3 is 10.0 Å². The number of benzene rings is 2. The zero-order valence-electron chi connectivity index (χ0n) is 10.8. The van der Waals surface area contributed by atoms with E-state index < -0.39 is 0 Å². The Morgan fingerprint density at radius 2 is 1.84 bits per heavy atom. The van der Waals surface area contributed by atoms with Gasteiger partial charge in [-0.2, -0.15) is 0 Å². The summed E-state index contributed by atoms with van der Waals surface area (Å²) in [5.74, 6) is 0.0894. The maximum Gasteiger partial charge on any atom is 0.139 e. The fourth-order valence-electron chi connectivity index (χ4n) is 2.07. The van der Waals surface area contributed by atoms with Gasteiger partial charge in [-0.15, -0.1) is 0 Å². The van der Waals surface area contributed by atoms with Gasteiger partial charge in [0.25, 0.3) is 0 Å². The summed E-state index contributed by atoms with van der Waals surface area (Å²) in [5.41, 5.74) is 3.00. The summed E-state index contributed by atoms with van der Waals surface area (Å²) in [5, 5.41) is 10.8. The third kappa shape index (κ3) is 3.14. The van der Waals surface area contributed by atoms with E-state index in [1.165, 1.54) is 11.6 Å². The molecular weight excluding hydrogens is 281 g/mol. The smallest absolute Gasteiger partial charge is 0.139 e. The number of phenolic OH excluding ortho intramolecular Hbond substituents is 1. The molecule has 0 spiro atoms. The number of aromatic hydroxyl groups is 1. The first-order valence-electron chi connectivity index (χ1n) is 5.92. The Labute approximate surface area is 123 Å². The van der Waals surface area contributed by atoms with E-state index in [0.29, 0.717) is 17.1 Å². The molecule has 0 saturated heterocycles. The molecule has 19 heavy (non-hydrogen) atoms. The van der Waals surface area contributed by atoms with E-state index in [-0.39, 0.29) is 10.8 Å². The maximum atomic E-state index is 9.97. The molecule has 0 atom stereocenters. The van der Waals surface area contributed by atoms with Gasteiger partial charge in [-0.05, 0) is 30.7 Å². The minimum absolute atomic E-state index is 0.0894. The van der Waals surface area contributed by atoms with Crippen LogP contribution in [0, 0.1) is 6.92 Å². The van der Waals surface area contributed by atoms with E-state index in [4.69, 9.17) is 23.2 Å². The normalized spacial score (nSPS) is 10.5. The van der Waals surface area contributed by atoms with Gasteiger partial charge in [-0.3, -0.25) is 0 Å². The Balaban J connectivity index is 2.29. The average molecular weight is 296 g/mol. The zero-order valence-corrected chi connectivity index (χ0v) is 12.3. The number of halogens is 2. The second-order valence-electron chi connectivity index (χ2n) is 4.54. The molecule has 0 heterocycles. The number of phenols is 1. The van der Waals surface area contributed by atoms with Crippen molar-refractivity contribution in [2.24, 2.45) is 0 Å². The van der Waals surface area contributed by atoms with Crippen molar-refractivity contribution >= 4 is 28.9 Å². The van der Waals surface area contributed by atoms with Crippen LogP contribution >= 0.6 is 23.2 Å². The second kappa shape index (κ2) is 5.72. The Morgan fingerprint density at radius 3 is 2.53 bits per heavy atom. The molecule has 0 saturated carbocycles. The van der Waals surface area contributed by atoms with Crippen molar-refractivity contribution in [1.29, 1.82) is 0 Å². The van der Waals surface area contributed by atoms with Crippen molar-refractivity contribution < 1.29 is 5.11 Å². The molecular formula is C15H15Cl2NO. The number of aryl methyl sites for hydroxylation is 1. The van der Waals surface area contributed by atoms with Crippen LogP contribution in [0.25, 0.3) is 0 Å². The van der Waals surface area contributed by atoms with Crippen LogP contribution in [-0.4, -0.2) is 12.2 Å². The molecule has 4 heteroatoms. The first-order valence-corrected chi connectivity index (χ1v) is 6.68. The number of hydrogen-bond acceptors (Lipinski definition) is 2. The van der Waals surface area contributed by atoms with Crippen molar-refractivity contribution in [2.75, 3.05) is 11.9 Å². The largest absolute Gasteiger partial charge is 0.506 e. The molecule has 2 aromatic carbocycles. The van der Waals surface area contributed by atoms with Crippen molar-refractivity contribution in [3.63, 3.8) is 0 Å². The van der Waals surface area contributed by atoms with Gasteiger partial charge in [0.05, 0.1) is 5.02 Å². The van der Waals surface area contributed by atoms with E-state index >= 15 is 0 Å². The lowest BCUT2D eigenvalue weighted by atomic mass is 10.1. The predicted molar refractivity (Wildman–Crippen MR) is 81.4 cm³/mol. The Bertz CT molecular complexity index is 599. The van der Waals surface area contributed by atoms with Crippen molar-refractivity contribution in [3.05, 3.63) is 57.6 Å². The van der Waals surface area contributed by atoms with E-state index in [0.717, 1.165) is 5.69 Å². The van der Waals surface area contributed by atoms with Crippen LogP contribution in [0.15, 0.2) is 36.4 Å². The summed E-state index contributed by atoms with van der Waals surface area (Å²) in [6.07, 6.45) is 0. The molecule has 2 rings (SSSR count). The minimum atomic E-state index is 0.0894. The fraction of sp³-hybridized carbons (Fsp3) is 0.200. The summed E-state index contributed by atoms with van der Waals surface area (Å²) in [6, 6.07) is 11.4. The predicted octanol–water partition coefficient (Wildman–Crippen LogP) is 4.64. The van der Waals surface area contributed by atoms with Crippen LogP contribution in [0.3, 0.4) is 0 Å². The quantitative estimate of drug-likeness (QED) is 0.891. The van der Waals surface area contributed by atoms with Gasteiger partial charge in [0.1, 0.15) is 5.75 Å². The van der Waals surface area contributed by atoms with Crippen molar-refractivity contribution in [2.45, 2.75) is 13.5 Å². The van der Waals surface area contributed by atoms with Gasteiger partial charge in [-0.1, -0.05) is 41.4 Å². The Kier molecular flexibility index (Phi) is 4.23. The highest BCUT2D eigenvalue weighted by Gasteiger charge is 2.11. The molecule has 0 aromatic heterocycles.